The van der Waals surface area contributed by atoms with E-state index in [-0.39, 0.29) is 23.7 Å². The van der Waals surface area contributed by atoms with Crippen LogP contribution >= 0.6 is 0 Å². The first-order chi connectivity index (χ1) is 13.7. The number of benzene rings is 2. The molecule has 1 saturated heterocycles. The van der Waals surface area contributed by atoms with E-state index in [1.165, 1.54) is 12.7 Å². The minimum Gasteiger partial charge on any atom is -0.465 e. The van der Waals surface area contributed by atoms with E-state index in [0.29, 0.717) is 17.8 Å². The van der Waals surface area contributed by atoms with Crippen LogP contribution in [0.5, 0.6) is 0 Å². The molecule has 0 aromatic heterocycles. The van der Waals surface area contributed by atoms with Crippen LogP contribution in [-0.2, 0) is 19.7 Å². The molecule has 1 aliphatic heterocycles. The number of hydrogen-bond donors (Lipinski definition) is 1. The van der Waals surface area contributed by atoms with E-state index in [4.69, 9.17) is 0 Å². The third kappa shape index (κ3) is 4.65. The molecule has 0 spiro atoms. The van der Waals surface area contributed by atoms with Crippen molar-refractivity contribution in [1.29, 1.82) is 0 Å². The average molecular weight is 394 g/mol. The van der Waals surface area contributed by atoms with Crippen LogP contribution in [0.3, 0.4) is 0 Å². The quantitative estimate of drug-likeness (QED) is 0.801. The number of carbonyl (C=O) groups is 3. The SMILES string of the molecule is COC(=O)c1ccc(NC(=O)C2CC(=O)N(c3ccc(C(C)(C)C)cc3)C2)cc1. The van der Waals surface area contributed by atoms with E-state index in [9.17, 15) is 14.4 Å². The van der Waals surface area contributed by atoms with Crippen LogP contribution in [0, 0.1) is 5.92 Å². The summed E-state index contributed by atoms with van der Waals surface area (Å²) < 4.78 is 4.66. The molecule has 2 aromatic carbocycles. The summed E-state index contributed by atoms with van der Waals surface area (Å²) in [4.78, 5) is 38.2. The molecular weight excluding hydrogens is 368 g/mol. The van der Waals surface area contributed by atoms with Crippen LogP contribution in [0.15, 0.2) is 48.5 Å². The summed E-state index contributed by atoms with van der Waals surface area (Å²) in [5.41, 5.74) is 3.02. The second-order valence-corrected chi connectivity index (χ2v) is 8.26. The number of nitrogens with one attached hydrogen (secondary N) is 1. The molecule has 1 fully saturated rings. The number of methoxy groups -OCH3 is 1. The van der Waals surface area contributed by atoms with Crippen molar-refractivity contribution in [1.82, 2.24) is 0 Å². The highest BCUT2D eigenvalue weighted by Crippen LogP contribution is 2.29. The standard InChI is InChI=1S/C23H26N2O4/c1-23(2,3)17-7-11-19(12-8-17)25-14-16(13-20(25)26)21(27)24-18-9-5-15(6-10-18)22(28)29-4/h5-12,16H,13-14H2,1-4H3,(H,24,27). The molecule has 152 valence electrons. The number of rotatable bonds is 4. The normalized spacial score (nSPS) is 16.6. The lowest BCUT2D eigenvalue weighted by Gasteiger charge is -2.21. The zero-order valence-corrected chi connectivity index (χ0v) is 17.2. The molecule has 0 aliphatic carbocycles. The Bertz CT molecular complexity index is 911. The Balaban J connectivity index is 1.65. The highest BCUT2D eigenvalue weighted by Gasteiger charge is 2.35. The number of carbonyl (C=O) groups excluding carboxylic acids is 3. The molecule has 2 aromatic rings. The van der Waals surface area contributed by atoms with Crippen molar-refractivity contribution in [3.8, 4) is 0 Å². The highest BCUT2D eigenvalue weighted by atomic mass is 16.5. The molecule has 6 heteroatoms. The maximum atomic E-state index is 12.6. The number of esters is 1. The largest absolute Gasteiger partial charge is 0.465 e. The molecular formula is C23H26N2O4. The summed E-state index contributed by atoms with van der Waals surface area (Å²) in [7, 11) is 1.32. The van der Waals surface area contributed by atoms with E-state index in [1.54, 1.807) is 29.2 Å². The lowest BCUT2D eigenvalue weighted by molar-refractivity contribution is -0.122. The molecule has 0 radical (unpaired) electrons. The fourth-order valence-electron chi connectivity index (χ4n) is 3.33. The van der Waals surface area contributed by atoms with Gasteiger partial charge in [0.2, 0.25) is 11.8 Å². The van der Waals surface area contributed by atoms with E-state index < -0.39 is 11.9 Å². The smallest absolute Gasteiger partial charge is 0.337 e. The van der Waals surface area contributed by atoms with E-state index >= 15 is 0 Å². The first-order valence-corrected chi connectivity index (χ1v) is 9.59. The third-order valence-electron chi connectivity index (χ3n) is 5.11. The van der Waals surface area contributed by atoms with Crippen LogP contribution in [0.4, 0.5) is 11.4 Å². The molecule has 0 bridgehead atoms. The Morgan fingerprint density at radius 2 is 1.66 bits per heavy atom. The summed E-state index contributed by atoms with van der Waals surface area (Å²) >= 11 is 0. The van der Waals surface area contributed by atoms with Gasteiger partial charge in [0.1, 0.15) is 0 Å². The van der Waals surface area contributed by atoms with Crippen molar-refractivity contribution in [2.75, 3.05) is 23.9 Å². The second-order valence-electron chi connectivity index (χ2n) is 8.26. The molecule has 6 nitrogen and oxygen atoms in total. The number of amides is 2. The Morgan fingerprint density at radius 1 is 1.03 bits per heavy atom. The molecule has 1 atom stereocenters. The molecule has 1 heterocycles. The van der Waals surface area contributed by atoms with Gasteiger partial charge in [-0.25, -0.2) is 4.79 Å². The lowest BCUT2D eigenvalue weighted by Crippen LogP contribution is -2.28. The molecule has 0 saturated carbocycles. The predicted octanol–water partition coefficient (Wildman–Crippen LogP) is 3.76. The summed E-state index contributed by atoms with van der Waals surface area (Å²) in [6.07, 6.45) is 0.174. The van der Waals surface area contributed by atoms with Crippen molar-refractivity contribution in [3.05, 3.63) is 59.7 Å². The lowest BCUT2D eigenvalue weighted by atomic mass is 9.87. The molecule has 2 amide bonds. The maximum Gasteiger partial charge on any atom is 0.337 e. The fraction of sp³-hybridized carbons (Fsp3) is 0.348. The molecule has 29 heavy (non-hydrogen) atoms. The molecule has 3 rings (SSSR count). The van der Waals surface area contributed by atoms with Gasteiger partial charge < -0.3 is 15.0 Å². The fourth-order valence-corrected chi connectivity index (χ4v) is 3.33. The van der Waals surface area contributed by atoms with Gasteiger partial charge in [-0.2, -0.15) is 0 Å². The Labute approximate surface area is 170 Å². The first-order valence-electron chi connectivity index (χ1n) is 9.59. The van der Waals surface area contributed by atoms with Crippen molar-refractivity contribution in [2.45, 2.75) is 32.6 Å². The minimum atomic E-state index is -0.433. The van der Waals surface area contributed by atoms with Gasteiger partial charge in [0.15, 0.2) is 0 Å². The first kappa shape index (κ1) is 20.6. The van der Waals surface area contributed by atoms with Gasteiger partial charge >= 0.3 is 5.97 Å². The molecule has 1 unspecified atom stereocenters. The Kier molecular flexibility index (Phi) is 5.73. The highest BCUT2D eigenvalue weighted by molar-refractivity contribution is 6.03. The van der Waals surface area contributed by atoms with Crippen molar-refractivity contribution >= 4 is 29.2 Å². The van der Waals surface area contributed by atoms with E-state index in [2.05, 4.69) is 30.8 Å². The predicted molar refractivity (Wildman–Crippen MR) is 112 cm³/mol. The van der Waals surface area contributed by atoms with Crippen LogP contribution in [0.2, 0.25) is 0 Å². The number of ether oxygens (including phenoxy) is 1. The average Bonchev–Trinajstić information content (AvgIpc) is 3.09. The van der Waals surface area contributed by atoms with Gasteiger partial charge in [0.25, 0.3) is 0 Å². The van der Waals surface area contributed by atoms with Crippen LogP contribution in [0.1, 0.15) is 43.1 Å². The maximum absolute atomic E-state index is 12.6. The van der Waals surface area contributed by atoms with Gasteiger partial charge in [-0.15, -0.1) is 0 Å². The monoisotopic (exact) mass is 394 g/mol. The van der Waals surface area contributed by atoms with Crippen molar-refractivity contribution < 1.29 is 19.1 Å². The van der Waals surface area contributed by atoms with Crippen LogP contribution in [0.25, 0.3) is 0 Å². The van der Waals surface area contributed by atoms with E-state index in [1.807, 2.05) is 24.3 Å². The number of anilines is 2. The zero-order chi connectivity index (χ0) is 21.2. The van der Waals surface area contributed by atoms with Crippen molar-refractivity contribution in [3.63, 3.8) is 0 Å². The minimum absolute atomic E-state index is 0.0411. The van der Waals surface area contributed by atoms with Gasteiger partial charge in [-0.3, -0.25) is 9.59 Å². The summed E-state index contributed by atoms with van der Waals surface area (Å²) in [5.74, 6) is -1.13. The topological polar surface area (TPSA) is 75.7 Å². The Morgan fingerprint density at radius 3 is 2.21 bits per heavy atom. The van der Waals surface area contributed by atoms with Crippen molar-refractivity contribution in [2.24, 2.45) is 5.92 Å². The van der Waals surface area contributed by atoms with Crippen LogP contribution in [-0.4, -0.2) is 31.4 Å². The molecule has 1 aliphatic rings. The summed E-state index contributed by atoms with van der Waals surface area (Å²) in [6, 6.07) is 14.4. The van der Waals surface area contributed by atoms with Gasteiger partial charge in [-0.1, -0.05) is 32.9 Å². The zero-order valence-electron chi connectivity index (χ0n) is 17.2. The van der Waals surface area contributed by atoms with Gasteiger partial charge in [0.05, 0.1) is 18.6 Å². The molecule has 1 N–H and O–H groups in total. The summed E-state index contributed by atoms with van der Waals surface area (Å²) in [5, 5.41) is 2.82. The van der Waals surface area contributed by atoms with Gasteiger partial charge in [0, 0.05) is 24.3 Å². The third-order valence-corrected chi connectivity index (χ3v) is 5.11. The number of nitrogens with zero attached hydrogens (tertiary/aromatic N) is 1. The van der Waals surface area contributed by atoms with Crippen LogP contribution < -0.4 is 10.2 Å². The van der Waals surface area contributed by atoms with E-state index in [0.717, 1.165) is 5.69 Å². The second kappa shape index (κ2) is 8.07. The Hall–Kier alpha value is -3.15. The number of hydrogen-bond acceptors (Lipinski definition) is 4. The van der Waals surface area contributed by atoms with Gasteiger partial charge in [-0.05, 0) is 47.4 Å². The summed E-state index contributed by atoms with van der Waals surface area (Å²) in [6.45, 7) is 6.77.